The molecule has 0 radical (unpaired) electrons. The number of hydrogen-bond donors (Lipinski definition) is 1. The van der Waals surface area contributed by atoms with Crippen molar-refractivity contribution in [2.24, 2.45) is 28.1 Å². The number of ketones is 1. The van der Waals surface area contributed by atoms with Crippen LogP contribution in [0.2, 0.25) is 13.1 Å². The molecule has 2 saturated carbocycles. The van der Waals surface area contributed by atoms with E-state index in [1.54, 1.807) is 13.1 Å². The average Bonchev–Trinajstić information content (AvgIpc) is 3.02. The summed E-state index contributed by atoms with van der Waals surface area (Å²) in [5.41, 5.74) is 1.30. The number of hydrogen-bond acceptors (Lipinski definition) is 4. The first kappa shape index (κ1) is 22.5. The van der Waals surface area contributed by atoms with Crippen LogP contribution in [-0.4, -0.2) is 23.3 Å². The molecule has 30 heavy (non-hydrogen) atoms. The third-order valence-electron chi connectivity index (χ3n) is 9.24. The number of nitriles is 1. The Labute approximate surface area is 190 Å². The standard InChI is InChI=1S/C23H31Cl2NO3Si/c1-20-10-7-16(27)13-15(20)5-6-17-18(20)8-11-21(2)19(17)9-12-22(21,14-26)23(24,25)30(3,4)29-28/h8,13,17,19,28H,5-7,9-12H2,1-4H3/t17?,19?,20-,21-,22-/m0/s1. The lowest BCUT2D eigenvalue weighted by Crippen LogP contribution is -2.63. The minimum absolute atomic E-state index is 0.0443. The molecule has 2 fully saturated rings. The van der Waals surface area contributed by atoms with E-state index in [0.717, 1.165) is 32.1 Å². The van der Waals surface area contributed by atoms with Gasteiger partial charge in [-0.25, -0.2) is 0 Å². The van der Waals surface area contributed by atoms with Crippen LogP contribution in [0.4, 0.5) is 0 Å². The first-order chi connectivity index (χ1) is 13.9. The predicted molar refractivity (Wildman–Crippen MR) is 120 cm³/mol. The Morgan fingerprint density at radius 3 is 2.60 bits per heavy atom. The Morgan fingerprint density at radius 1 is 1.27 bits per heavy atom. The Morgan fingerprint density at radius 2 is 1.97 bits per heavy atom. The maximum atomic E-state index is 12.0. The van der Waals surface area contributed by atoms with Crippen LogP contribution in [-0.2, 0) is 9.37 Å². The molecule has 0 amide bonds. The molecule has 7 heteroatoms. The smallest absolute Gasteiger partial charge is 0.270 e. The second-order valence-electron chi connectivity index (χ2n) is 10.7. The van der Waals surface area contributed by atoms with Gasteiger partial charge in [0.15, 0.2) is 9.74 Å². The number of alkyl halides is 2. The molecule has 0 spiro atoms. The molecular formula is C23H31Cl2NO3Si. The number of allylic oxidation sites excluding steroid dienone is 4. The third kappa shape index (κ3) is 2.61. The zero-order valence-corrected chi connectivity index (χ0v) is 20.7. The van der Waals surface area contributed by atoms with Gasteiger partial charge in [-0.2, -0.15) is 5.26 Å². The van der Waals surface area contributed by atoms with Gasteiger partial charge in [-0.05, 0) is 74.9 Å². The summed E-state index contributed by atoms with van der Waals surface area (Å²) in [4.78, 5) is 12.0. The molecule has 4 aliphatic rings. The highest BCUT2D eigenvalue weighted by Crippen LogP contribution is 2.72. The summed E-state index contributed by atoms with van der Waals surface area (Å²) in [7, 11) is -2.98. The molecule has 4 nitrogen and oxygen atoms in total. The lowest BCUT2D eigenvalue weighted by Gasteiger charge is -2.57. The molecule has 2 unspecified atom stereocenters. The van der Waals surface area contributed by atoms with E-state index in [-0.39, 0.29) is 11.2 Å². The zero-order valence-electron chi connectivity index (χ0n) is 18.2. The number of carbonyl (C=O) groups is 1. The van der Waals surface area contributed by atoms with Gasteiger partial charge >= 0.3 is 0 Å². The van der Waals surface area contributed by atoms with E-state index in [0.29, 0.717) is 24.7 Å². The van der Waals surface area contributed by atoms with Crippen molar-refractivity contribution in [3.63, 3.8) is 0 Å². The molecule has 0 saturated heterocycles. The number of carbonyl (C=O) groups excluding carboxylic acids is 1. The summed E-state index contributed by atoms with van der Waals surface area (Å²) in [6.07, 6.45) is 9.85. The molecule has 0 aromatic carbocycles. The molecule has 0 heterocycles. The van der Waals surface area contributed by atoms with Gasteiger partial charge in [-0.3, -0.25) is 14.6 Å². The summed E-state index contributed by atoms with van der Waals surface area (Å²) in [6.45, 7) is 8.00. The van der Waals surface area contributed by atoms with Crippen molar-refractivity contribution in [3.05, 3.63) is 23.3 Å². The average molecular weight is 468 g/mol. The maximum absolute atomic E-state index is 12.0. The highest BCUT2D eigenvalue weighted by atomic mass is 35.5. The minimum atomic E-state index is -2.98. The van der Waals surface area contributed by atoms with Crippen LogP contribution in [0, 0.1) is 39.4 Å². The van der Waals surface area contributed by atoms with Crippen molar-refractivity contribution in [3.8, 4) is 6.07 Å². The summed E-state index contributed by atoms with van der Waals surface area (Å²) in [5.74, 6) is 0.920. The lowest BCUT2D eigenvalue weighted by atomic mass is 9.49. The summed E-state index contributed by atoms with van der Waals surface area (Å²) >= 11 is 14.0. The summed E-state index contributed by atoms with van der Waals surface area (Å²) < 4.78 is 3.39. The predicted octanol–water partition coefficient (Wildman–Crippen LogP) is 6.36. The van der Waals surface area contributed by atoms with Gasteiger partial charge in [0.2, 0.25) is 0 Å². The molecule has 4 rings (SSSR count). The van der Waals surface area contributed by atoms with Crippen LogP contribution in [0.25, 0.3) is 0 Å². The van der Waals surface area contributed by atoms with Crippen LogP contribution >= 0.6 is 23.2 Å². The van der Waals surface area contributed by atoms with Crippen molar-refractivity contribution in [1.29, 1.82) is 5.26 Å². The van der Waals surface area contributed by atoms with Crippen molar-refractivity contribution in [2.45, 2.75) is 75.8 Å². The fraction of sp³-hybridized carbons (Fsp3) is 0.739. The molecule has 0 bridgehead atoms. The Bertz CT molecular complexity index is 891. The molecule has 0 aromatic rings. The fourth-order valence-corrected chi connectivity index (χ4v) is 9.75. The van der Waals surface area contributed by atoms with E-state index in [2.05, 4.69) is 26.0 Å². The molecule has 4 aliphatic carbocycles. The highest BCUT2D eigenvalue weighted by molar-refractivity contribution is 6.91. The van der Waals surface area contributed by atoms with E-state index in [1.165, 1.54) is 11.1 Å². The van der Waals surface area contributed by atoms with Crippen LogP contribution in [0.5, 0.6) is 0 Å². The van der Waals surface area contributed by atoms with Crippen molar-refractivity contribution in [1.82, 2.24) is 0 Å². The molecule has 164 valence electrons. The molecular weight excluding hydrogens is 437 g/mol. The molecule has 1 N–H and O–H groups in total. The number of nitrogens with zero attached hydrogens (tertiary/aromatic N) is 1. The van der Waals surface area contributed by atoms with Gasteiger partial charge in [0.25, 0.3) is 8.32 Å². The molecule has 0 aromatic heterocycles. The van der Waals surface area contributed by atoms with Gasteiger partial charge in [0.1, 0.15) is 0 Å². The van der Waals surface area contributed by atoms with E-state index < -0.39 is 23.1 Å². The van der Waals surface area contributed by atoms with Gasteiger partial charge < -0.3 is 0 Å². The SMILES string of the molecule is C[C@]12CCC(=O)C=C1CCC1C2=CC[C@@]2(C)C1CC[C@@]2(C#N)C(Cl)(Cl)[Si](C)(C)OO. The van der Waals surface area contributed by atoms with Crippen LogP contribution in [0.3, 0.4) is 0 Å². The number of fused-ring (bicyclic) bond motifs is 5. The van der Waals surface area contributed by atoms with E-state index in [9.17, 15) is 15.3 Å². The molecule has 5 atom stereocenters. The first-order valence-corrected chi connectivity index (χ1v) is 14.6. The van der Waals surface area contributed by atoms with Gasteiger partial charge in [-0.15, -0.1) is 23.2 Å². The van der Waals surface area contributed by atoms with Crippen LogP contribution < -0.4 is 0 Å². The molecule has 0 aliphatic heterocycles. The third-order valence-corrected chi connectivity index (χ3v) is 15.0. The maximum Gasteiger partial charge on any atom is 0.270 e. The Balaban J connectivity index is 1.80. The second kappa shape index (κ2) is 6.93. The Kier molecular flexibility index (Phi) is 5.21. The first-order valence-electron chi connectivity index (χ1n) is 11.0. The van der Waals surface area contributed by atoms with Crippen LogP contribution in [0.1, 0.15) is 58.8 Å². The van der Waals surface area contributed by atoms with Crippen molar-refractivity contribution >= 4 is 37.3 Å². The van der Waals surface area contributed by atoms with Gasteiger partial charge in [-0.1, -0.05) is 31.1 Å². The van der Waals surface area contributed by atoms with E-state index >= 15 is 0 Å². The quantitative estimate of drug-likeness (QED) is 0.172. The monoisotopic (exact) mass is 467 g/mol. The minimum Gasteiger partial charge on any atom is -0.295 e. The highest BCUT2D eigenvalue weighted by Gasteiger charge is 2.73. The summed E-state index contributed by atoms with van der Waals surface area (Å²) in [6, 6.07) is 2.56. The van der Waals surface area contributed by atoms with Crippen molar-refractivity contribution in [2.75, 3.05) is 0 Å². The normalized spacial score (nSPS) is 41.2. The Hall–Kier alpha value is -0.643. The second-order valence-corrected chi connectivity index (χ2v) is 16.6. The van der Waals surface area contributed by atoms with Gasteiger partial charge in [0, 0.05) is 11.8 Å². The summed E-state index contributed by atoms with van der Waals surface area (Å²) in [5, 5.41) is 20.1. The van der Waals surface area contributed by atoms with E-state index in [4.69, 9.17) is 27.8 Å². The van der Waals surface area contributed by atoms with Crippen molar-refractivity contribution < 1.29 is 14.6 Å². The largest absolute Gasteiger partial charge is 0.295 e. The van der Waals surface area contributed by atoms with Gasteiger partial charge in [0.05, 0.1) is 11.5 Å². The van der Waals surface area contributed by atoms with E-state index in [1.807, 2.05) is 6.08 Å². The topological polar surface area (TPSA) is 70.3 Å². The zero-order chi connectivity index (χ0) is 22.2. The van der Waals surface area contributed by atoms with Crippen LogP contribution in [0.15, 0.2) is 23.3 Å². The number of rotatable bonds is 3. The fourth-order valence-electron chi connectivity index (χ4n) is 7.23. The lowest BCUT2D eigenvalue weighted by molar-refractivity contribution is -0.154. The number of halogens is 2.